The maximum Gasteiger partial charge on any atom is 0.501 e. The molecule has 0 fully saturated rings. The van der Waals surface area contributed by atoms with Crippen LogP contribution in [-0.2, 0) is 19.4 Å². The van der Waals surface area contributed by atoms with E-state index in [1.54, 1.807) is 0 Å². The van der Waals surface area contributed by atoms with Gasteiger partial charge in [-0.05, 0) is 63.3 Å². The molecule has 1 aromatic carbocycles. The van der Waals surface area contributed by atoms with Gasteiger partial charge >= 0.3 is 11.5 Å². The van der Waals surface area contributed by atoms with Gasteiger partial charge in [0.2, 0.25) is 0 Å². The van der Waals surface area contributed by atoms with E-state index in [0.29, 0.717) is 18.6 Å². The highest BCUT2D eigenvalue weighted by Crippen LogP contribution is 2.43. The number of alkyl halides is 3. The lowest BCUT2D eigenvalue weighted by molar-refractivity contribution is -0.148. The number of carbonyl (C=O) groups is 2. The van der Waals surface area contributed by atoms with E-state index in [1.807, 2.05) is 6.07 Å². The number of ether oxygens (including phenoxy) is 1. The van der Waals surface area contributed by atoms with E-state index in [1.165, 1.54) is 12.5 Å². The van der Waals surface area contributed by atoms with Crippen molar-refractivity contribution in [3.8, 4) is 6.07 Å². The van der Waals surface area contributed by atoms with Crippen molar-refractivity contribution in [2.45, 2.75) is 55.0 Å². The summed E-state index contributed by atoms with van der Waals surface area (Å²) in [6.07, 6.45) is 4.41. The molecule has 3 rings (SSSR count). The molecular weight excluding hydrogens is 449 g/mol. The lowest BCUT2D eigenvalue weighted by Gasteiger charge is -2.24. The van der Waals surface area contributed by atoms with Gasteiger partial charge in [-0.3, -0.25) is 9.59 Å². The Bertz CT molecular complexity index is 1100. The Morgan fingerprint density at radius 2 is 1.84 bits per heavy atom. The lowest BCUT2D eigenvalue weighted by atomic mass is 9.99. The van der Waals surface area contributed by atoms with Crippen LogP contribution in [0, 0.1) is 17.2 Å². The van der Waals surface area contributed by atoms with Crippen LogP contribution in [0.4, 0.5) is 13.2 Å². The number of hydrogen-bond donors (Lipinski definition) is 1. The van der Waals surface area contributed by atoms with Crippen molar-refractivity contribution < 1.29 is 35.9 Å². The van der Waals surface area contributed by atoms with Crippen LogP contribution in [-0.4, -0.2) is 37.9 Å². The van der Waals surface area contributed by atoms with E-state index in [9.17, 15) is 36.4 Å². The summed E-state index contributed by atoms with van der Waals surface area (Å²) in [4.78, 5) is 23.9. The van der Waals surface area contributed by atoms with Crippen molar-refractivity contribution in [1.29, 1.82) is 5.26 Å². The Kier molecular flexibility index (Phi) is 6.38. The highest BCUT2D eigenvalue weighted by atomic mass is 32.2. The number of carbonyl (C=O) groups excluding carboxylic acids is 2. The van der Waals surface area contributed by atoms with Gasteiger partial charge in [-0.1, -0.05) is 11.1 Å². The highest BCUT2D eigenvalue weighted by Gasteiger charge is 2.46. The van der Waals surface area contributed by atoms with E-state index < -0.39 is 44.3 Å². The fraction of sp³-hybridized carbons (Fsp3) is 0.476. The van der Waals surface area contributed by atoms with Gasteiger partial charge in [0.25, 0.3) is 15.7 Å². The van der Waals surface area contributed by atoms with E-state index in [2.05, 4.69) is 5.32 Å². The standard InChI is InChI=1S/C21H21F3N2O5S/c1-20(11-25,12-31-19(28)17-10-7-13-3-2-4-16(13)17)26-18(27)14-5-8-15(9-6-14)32(29,30)21(22,23)24/h5-6,8-9,17H,2-4,7,10,12H2,1H3,(H,26,27). The molecule has 1 aromatic rings. The number of halogens is 3. The normalized spacial score (nSPS) is 20.3. The third kappa shape index (κ3) is 4.65. The molecular formula is C21H21F3N2O5S. The molecule has 0 saturated carbocycles. The molecule has 2 aliphatic rings. The SMILES string of the molecule is CC(C#N)(COC(=O)C1CCC2=C1CCC2)NC(=O)c1ccc(S(=O)(=O)C(F)(F)F)cc1. The van der Waals surface area contributed by atoms with Crippen LogP contribution in [0.15, 0.2) is 40.3 Å². The van der Waals surface area contributed by atoms with Gasteiger partial charge in [0.1, 0.15) is 6.61 Å². The molecule has 1 amide bonds. The quantitative estimate of drug-likeness (QED) is 0.504. The predicted molar refractivity (Wildman–Crippen MR) is 106 cm³/mol. The number of nitriles is 1. The van der Waals surface area contributed by atoms with Crippen LogP contribution in [0.25, 0.3) is 0 Å². The molecule has 1 N–H and O–H groups in total. The van der Waals surface area contributed by atoms with Crippen molar-refractivity contribution >= 4 is 21.7 Å². The summed E-state index contributed by atoms with van der Waals surface area (Å²) in [7, 11) is -5.54. The summed E-state index contributed by atoms with van der Waals surface area (Å²) < 4.78 is 66.0. The maximum absolute atomic E-state index is 12.6. The average molecular weight is 470 g/mol. The zero-order valence-electron chi connectivity index (χ0n) is 17.2. The molecule has 0 aliphatic heterocycles. The number of allylic oxidation sites excluding steroid dienone is 1. The molecule has 2 unspecified atom stereocenters. The van der Waals surface area contributed by atoms with Gasteiger partial charge in [0.15, 0.2) is 5.54 Å². The Labute approximate surface area is 183 Å². The molecule has 0 spiro atoms. The smallest absolute Gasteiger partial charge is 0.462 e. The minimum absolute atomic E-state index is 0.157. The number of sulfone groups is 1. The fourth-order valence-electron chi connectivity index (χ4n) is 3.94. The second kappa shape index (κ2) is 8.58. The van der Waals surface area contributed by atoms with Gasteiger partial charge in [-0.15, -0.1) is 0 Å². The molecule has 11 heteroatoms. The minimum atomic E-state index is -5.54. The minimum Gasteiger partial charge on any atom is -0.462 e. The molecule has 0 bridgehead atoms. The van der Waals surface area contributed by atoms with Crippen LogP contribution in [0.2, 0.25) is 0 Å². The van der Waals surface area contributed by atoms with Crippen LogP contribution in [0.1, 0.15) is 49.4 Å². The van der Waals surface area contributed by atoms with Crippen molar-refractivity contribution in [3.05, 3.63) is 41.0 Å². The van der Waals surface area contributed by atoms with E-state index in [0.717, 1.165) is 43.4 Å². The number of amides is 1. The monoisotopic (exact) mass is 470 g/mol. The Hall–Kier alpha value is -2.87. The summed E-state index contributed by atoms with van der Waals surface area (Å²) in [5, 5.41) is 11.9. The summed E-state index contributed by atoms with van der Waals surface area (Å²) in [6, 6.07) is 5.00. The zero-order valence-corrected chi connectivity index (χ0v) is 18.0. The van der Waals surface area contributed by atoms with E-state index >= 15 is 0 Å². The third-order valence-corrected chi connectivity index (χ3v) is 7.19. The van der Waals surface area contributed by atoms with Crippen LogP contribution >= 0.6 is 0 Å². The number of nitrogens with one attached hydrogen (secondary N) is 1. The largest absolute Gasteiger partial charge is 0.501 e. The maximum atomic E-state index is 12.6. The van der Waals surface area contributed by atoms with Crippen LogP contribution in [0.3, 0.4) is 0 Å². The molecule has 32 heavy (non-hydrogen) atoms. The Morgan fingerprint density at radius 1 is 1.19 bits per heavy atom. The summed E-state index contributed by atoms with van der Waals surface area (Å²) in [5.74, 6) is -1.61. The first kappa shape index (κ1) is 23.8. The summed E-state index contributed by atoms with van der Waals surface area (Å²) >= 11 is 0. The Balaban J connectivity index is 1.63. The number of hydrogen-bond acceptors (Lipinski definition) is 6. The zero-order chi connectivity index (χ0) is 23.7. The van der Waals surface area contributed by atoms with E-state index in [4.69, 9.17) is 4.74 Å². The molecule has 2 aliphatic carbocycles. The molecule has 172 valence electrons. The highest BCUT2D eigenvalue weighted by molar-refractivity contribution is 7.92. The van der Waals surface area contributed by atoms with Gasteiger partial charge in [-0.25, -0.2) is 8.42 Å². The van der Waals surface area contributed by atoms with Gasteiger partial charge < -0.3 is 10.1 Å². The van der Waals surface area contributed by atoms with Gasteiger partial charge in [0, 0.05) is 5.56 Å². The van der Waals surface area contributed by atoms with Crippen LogP contribution < -0.4 is 5.32 Å². The topological polar surface area (TPSA) is 113 Å². The molecule has 2 atom stereocenters. The molecule has 0 aromatic heterocycles. The second-order valence-corrected chi connectivity index (χ2v) is 9.99. The van der Waals surface area contributed by atoms with Crippen molar-refractivity contribution in [2.75, 3.05) is 6.61 Å². The lowest BCUT2D eigenvalue weighted by Crippen LogP contribution is -2.49. The number of nitrogens with zero attached hydrogens (tertiary/aromatic N) is 1. The number of rotatable bonds is 6. The van der Waals surface area contributed by atoms with Gasteiger partial charge in [0.05, 0.1) is 16.9 Å². The number of esters is 1. The number of benzene rings is 1. The molecule has 0 radical (unpaired) electrons. The van der Waals surface area contributed by atoms with Crippen LogP contribution in [0.5, 0.6) is 0 Å². The van der Waals surface area contributed by atoms with Crippen molar-refractivity contribution in [3.63, 3.8) is 0 Å². The first-order valence-corrected chi connectivity index (χ1v) is 11.4. The fourth-order valence-corrected chi connectivity index (χ4v) is 4.70. The molecule has 0 saturated heterocycles. The first-order valence-electron chi connectivity index (χ1n) is 9.90. The Morgan fingerprint density at radius 3 is 2.44 bits per heavy atom. The van der Waals surface area contributed by atoms with Crippen molar-refractivity contribution in [1.82, 2.24) is 5.32 Å². The van der Waals surface area contributed by atoms with Crippen molar-refractivity contribution in [2.24, 2.45) is 5.92 Å². The molecule has 7 nitrogen and oxygen atoms in total. The first-order chi connectivity index (χ1) is 14.9. The predicted octanol–water partition coefficient (Wildman–Crippen LogP) is 3.43. The second-order valence-electron chi connectivity index (χ2n) is 8.05. The molecule has 0 heterocycles. The third-order valence-electron chi connectivity index (χ3n) is 5.69. The average Bonchev–Trinajstić information content (AvgIpc) is 3.35. The van der Waals surface area contributed by atoms with E-state index in [-0.39, 0.29) is 11.5 Å². The summed E-state index contributed by atoms with van der Waals surface area (Å²) in [5.41, 5.74) is -4.79. The summed E-state index contributed by atoms with van der Waals surface area (Å²) in [6.45, 7) is 0.934. The van der Waals surface area contributed by atoms with Gasteiger partial charge in [-0.2, -0.15) is 18.4 Å².